The number of nitrogens with one attached hydrogen (secondary N) is 1. The molecular formula is C11H16N2O6S2. The average molecular weight is 336 g/mol. The van der Waals surface area contributed by atoms with Gasteiger partial charge in [-0.1, -0.05) is 12.1 Å². The largest absolute Gasteiger partial charge is 0.468 e. The van der Waals surface area contributed by atoms with Crippen molar-refractivity contribution in [1.29, 1.82) is 0 Å². The van der Waals surface area contributed by atoms with Crippen LogP contribution < -0.4 is 9.86 Å². The zero-order valence-corrected chi connectivity index (χ0v) is 13.1. The number of hydrogen-bond acceptors (Lipinski definition) is 6. The van der Waals surface area contributed by atoms with Crippen molar-refractivity contribution in [2.24, 2.45) is 5.14 Å². The van der Waals surface area contributed by atoms with E-state index in [9.17, 15) is 21.6 Å². The SMILES string of the molecule is COC(=O)C(C)S(=O)(=O)NCc1cccc(S(N)(=O)=O)c1. The van der Waals surface area contributed by atoms with Crippen LogP contribution in [0.5, 0.6) is 0 Å². The molecule has 0 heterocycles. The number of carbonyl (C=O) groups excluding carboxylic acids is 1. The van der Waals surface area contributed by atoms with Gasteiger partial charge in [-0.25, -0.2) is 26.7 Å². The summed E-state index contributed by atoms with van der Waals surface area (Å²) < 4.78 is 52.6. The van der Waals surface area contributed by atoms with Crippen molar-refractivity contribution in [2.45, 2.75) is 23.6 Å². The summed E-state index contributed by atoms with van der Waals surface area (Å²) in [5.74, 6) is -0.888. The normalized spacial score (nSPS) is 13.7. The molecule has 8 nitrogen and oxygen atoms in total. The van der Waals surface area contributed by atoms with Gasteiger partial charge < -0.3 is 4.74 Å². The second-order valence-corrected chi connectivity index (χ2v) is 7.87. The molecular weight excluding hydrogens is 320 g/mol. The minimum atomic E-state index is -3.92. The Morgan fingerprint density at radius 3 is 2.48 bits per heavy atom. The second kappa shape index (κ2) is 6.52. The van der Waals surface area contributed by atoms with Crippen molar-refractivity contribution in [3.05, 3.63) is 29.8 Å². The lowest BCUT2D eigenvalue weighted by molar-refractivity contribution is -0.139. The summed E-state index contributed by atoms with van der Waals surface area (Å²) in [6.45, 7) is 1.02. The first-order valence-corrected chi connectivity index (χ1v) is 8.85. The van der Waals surface area contributed by atoms with Crippen molar-refractivity contribution in [3.63, 3.8) is 0 Å². The van der Waals surface area contributed by atoms with E-state index in [2.05, 4.69) is 9.46 Å². The van der Waals surface area contributed by atoms with E-state index in [4.69, 9.17) is 5.14 Å². The highest BCUT2D eigenvalue weighted by molar-refractivity contribution is 7.90. The number of benzene rings is 1. The fourth-order valence-corrected chi connectivity index (χ4v) is 2.99. The van der Waals surface area contributed by atoms with Crippen LogP contribution in [0.4, 0.5) is 0 Å². The topological polar surface area (TPSA) is 133 Å². The number of methoxy groups -OCH3 is 1. The van der Waals surface area contributed by atoms with Gasteiger partial charge in [-0.2, -0.15) is 0 Å². The van der Waals surface area contributed by atoms with E-state index in [1.54, 1.807) is 0 Å². The minimum Gasteiger partial charge on any atom is -0.468 e. The molecule has 0 saturated heterocycles. The van der Waals surface area contributed by atoms with Crippen LogP contribution in [0.25, 0.3) is 0 Å². The summed E-state index contributed by atoms with van der Waals surface area (Å²) in [6.07, 6.45) is 0. The molecule has 1 atom stereocenters. The van der Waals surface area contributed by atoms with Gasteiger partial charge in [0.25, 0.3) is 0 Å². The first kappa shape index (κ1) is 17.6. The lowest BCUT2D eigenvalue weighted by atomic mass is 10.2. The van der Waals surface area contributed by atoms with Crippen molar-refractivity contribution in [3.8, 4) is 0 Å². The number of sulfonamides is 2. The minimum absolute atomic E-state index is 0.125. The van der Waals surface area contributed by atoms with Gasteiger partial charge in [-0.3, -0.25) is 4.79 Å². The van der Waals surface area contributed by atoms with Crippen LogP contribution in [0, 0.1) is 0 Å². The van der Waals surface area contributed by atoms with Gasteiger partial charge in [-0.05, 0) is 24.6 Å². The van der Waals surface area contributed by atoms with Crippen LogP contribution in [-0.4, -0.2) is 35.2 Å². The maximum absolute atomic E-state index is 11.8. The van der Waals surface area contributed by atoms with E-state index in [0.717, 1.165) is 7.11 Å². The third-order valence-corrected chi connectivity index (χ3v) is 5.28. The molecule has 3 N–H and O–H groups in total. The Morgan fingerprint density at radius 2 is 1.95 bits per heavy atom. The lowest BCUT2D eigenvalue weighted by Crippen LogP contribution is -2.37. The molecule has 0 amide bonds. The molecule has 0 aromatic heterocycles. The number of carbonyl (C=O) groups is 1. The molecule has 0 fully saturated rings. The highest BCUT2D eigenvalue weighted by Gasteiger charge is 2.28. The van der Waals surface area contributed by atoms with E-state index >= 15 is 0 Å². The molecule has 1 unspecified atom stereocenters. The maximum atomic E-state index is 11.8. The van der Waals surface area contributed by atoms with Gasteiger partial charge in [-0.15, -0.1) is 0 Å². The number of rotatable bonds is 6. The van der Waals surface area contributed by atoms with Crippen LogP contribution in [0.3, 0.4) is 0 Å². The number of primary sulfonamides is 1. The van der Waals surface area contributed by atoms with Crippen LogP contribution in [0.15, 0.2) is 29.2 Å². The highest BCUT2D eigenvalue weighted by Crippen LogP contribution is 2.10. The third kappa shape index (κ3) is 4.77. The van der Waals surface area contributed by atoms with Crippen molar-refractivity contribution >= 4 is 26.0 Å². The summed E-state index contributed by atoms with van der Waals surface area (Å²) in [5.41, 5.74) is 0.391. The Balaban J connectivity index is 2.87. The smallest absolute Gasteiger partial charge is 0.325 e. The Hall–Kier alpha value is -1.49. The van der Waals surface area contributed by atoms with Gasteiger partial charge in [0, 0.05) is 6.54 Å². The number of hydrogen-bond donors (Lipinski definition) is 2. The van der Waals surface area contributed by atoms with Crippen LogP contribution in [0.2, 0.25) is 0 Å². The molecule has 0 bridgehead atoms. The fourth-order valence-electron chi connectivity index (χ4n) is 1.43. The van der Waals surface area contributed by atoms with Gasteiger partial charge >= 0.3 is 5.97 Å². The van der Waals surface area contributed by atoms with Crippen molar-refractivity contribution in [2.75, 3.05) is 7.11 Å². The lowest BCUT2D eigenvalue weighted by Gasteiger charge is -2.12. The Labute approximate surface area is 123 Å². The summed E-state index contributed by atoms with van der Waals surface area (Å²) in [4.78, 5) is 11.1. The highest BCUT2D eigenvalue weighted by atomic mass is 32.2. The predicted octanol–water partition coefficient (Wildman–Crippen LogP) is -0.685. The molecule has 0 spiro atoms. The van der Waals surface area contributed by atoms with E-state index < -0.39 is 31.3 Å². The standard InChI is InChI=1S/C11H16N2O6S2/c1-8(11(14)19-2)21(17,18)13-7-9-4-3-5-10(6-9)20(12,15)16/h3-6,8,13H,7H2,1-2H3,(H2,12,15,16). The Kier molecular flexibility index (Phi) is 5.45. The molecule has 0 aliphatic heterocycles. The quantitative estimate of drug-likeness (QED) is 0.661. The second-order valence-electron chi connectivity index (χ2n) is 4.22. The van der Waals surface area contributed by atoms with E-state index in [0.29, 0.717) is 5.56 Å². The molecule has 21 heavy (non-hydrogen) atoms. The molecule has 0 aliphatic carbocycles. The van der Waals surface area contributed by atoms with Crippen LogP contribution >= 0.6 is 0 Å². The molecule has 0 saturated carbocycles. The molecule has 1 rings (SSSR count). The van der Waals surface area contributed by atoms with Crippen LogP contribution in [0.1, 0.15) is 12.5 Å². The van der Waals surface area contributed by atoms with Crippen LogP contribution in [-0.2, 0) is 36.1 Å². The van der Waals surface area contributed by atoms with Crippen molar-refractivity contribution < 1.29 is 26.4 Å². The van der Waals surface area contributed by atoms with Gasteiger partial charge in [0.2, 0.25) is 20.0 Å². The van der Waals surface area contributed by atoms with E-state index in [-0.39, 0.29) is 11.4 Å². The van der Waals surface area contributed by atoms with Gasteiger partial charge in [0.05, 0.1) is 12.0 Å². The summed E-state index contributed by atoms with van der Waals surface area (Å²) in [6, 6.07) is 5.51. The predicted molar refractivity (Wildman–Crippen MR) is 75.1 cm³/mol. The summed E-state index contributed by atoms with van der Waals surface area (Å²) in [5, 5.41) is 3.61. The van der Waals surface area contributed by atoms with E-state index in [1.807, 2.05) is 0 Å². The molecule has 10 heteroatoms. The number of esters is 1. The van der Waals surface area contributed by atoms with Gasteiger partial charge in [0.15, 0.2) is 5.25 Å². The number of ether oxygens (including phenoxy) is 1. The fraction of sp³-hybridized carbons (Fsp3) is 0.364. The molecule has 1 aromatic rings. The molecule has 0 aliphatic rings. The summed E-state index contributed by atoms with van der Waals surface area (Å²) >= 11 is 0. The maximum Gasteiger partial charge on any atom is 0.325 e. The zero-order chi connectivity index (χ0) is 16.3. The molecule has 0 radical (unpaired) electrons. The summed E-state index contributed by atoms with van der Waals surface area (Å²) in [7, 11) is -6.70. The number of nitrogens with two attached hydrogens (primary N) is 1. The van der Waals surface area contributed by atoms with E-state index in [1.165, 1.54) is 31.2 Å². The van der Waals surface area contributed by atoms with Gasteiger partial charge in [0.1, 0.15) is 0 Å². The Morgan fingerprint density at radius 1 is 1.33 bits per heavy atom. The molecule has 118 valence electrons. The molecule has 1 aromatic carbocycles. The Bertz CT molecular complexity index is 727. The first-order valence-electron chi connectivity index (χ1n) is 5.76. The van der Waals surface area contributed by atoms with Crippen molar-refractivity contribution in [1.82, 2.24) is 4.72 Å². The first-order chi connectivity index (χ1) is 9.58. The average Bonchev–Trinajstić information content (AvgIpc) is 2.43. The monoisotopic (exact) mass is 336 g/mol. The zero-order valence-electron chi connectivity index (χ0n) is 11.4. The third-order valence-electron chi connectivity index (χ3n) is 2.70.